The molecule has 114 valence electrons. The van der Waals surface area contributed by atoms with E-state index in [1.165, 1.54) is 10.8 Å². The minimum atomic E-state index is 0.608. The zero-order chi connectivity index (χ0) is 15.9. The number of fused-ring (bicyclic) bond motifs is 2. The minimum absolute atomic E-state index is 0.608. The van der Waals surface area contributed by atoms with Crippen LogP contribution >= 0.6 is 0 Å². The molecule has 0 atom stereocenters. The van der Waals surface area contributed by atoms with Gasteiger partial charge in [0.1, 0.15) is 12.0 Å². The first-order valence-corrected chi connectivity index (χ1v) is 7.91. The third-order valence-corrected chi connectivity index (χ3v) is 4.35. The Morgan fingerprint density at radius 2 is 1.58 bits per heavy atom. The number of imidazole rings is 1. The largest absolute Gasteiger partial charge is 0.432 e. The molecule has 24 heavy (non-hydrogen) atoms. The first kappa shape index (κ1) is 13.1. The maximum Gasteiger partial charge on any atom is 0.306 e. The monoisotopic (exact) mass is 310 g/mol. The highest BCUT2D eigenvalue weighted by Gasteiger charge is 2.18. The van der Waals surface area contributed by atoms with Crippen molar-refractivity contribution in [3.63, 3.8) is 0 Å². The summed E-state index contributed by atoms with van der Waals surface area (Å²) in [6.07, 6.45) is 3.58. The van der Waals surface area contributed by atoms with E-state index < -0.39 is 0 Å². The molecule has 0 saturated heterocycles. The molecule has 0 radical (unpaired) electrons. The van der Waals surface area contributed by atoms with Gasteiger partial charge in [-0.3, -0.25) is 4.40 Å². The Kier molecular flexibility index (Phi) is 2.79. The molecule has 0 amide bonds. The molecular weight excluding hydrogens is 296 g/mol. The summed E-state index contributed by atoms with van der Waals surface area (Å²) in [7, 11) is 0. The Labute approximate surface area is 138 Å². The lowest BCUT2D eigenvalue weighted by Gasteiger charge is -2.07. The summed E-state index contributed by atoms with van der Waals surface area (Å²) in [6, 6.07) is 25.0. The van der Waals surface area contributed by atoms with Crippen LogP contribution in [0.1, 0.15) is 0 Å². The molecule has 3 heteroatoms. The fourth-order valence-corrected chi connectivity index (χ4v) is 3.28. The molecule has 0 N–H and O–H groups in total. The zero-order valence-electron chi connectivity index (χ0n) is 12.9. The lowest BCUT2D eigenvalue weighted by atomic mass is 9.99. The summed E-state index contributed by atoms with van der Waals surface area (Å²) in [6.45, 7) is 0. The Morgan fingerprint density at radius 1 is 0.792 bits per heavy atom. The van der Waals surface area contributed by atoms with E-state index in [0.717, 1.165) is 22.5 Å². The van der Waals surface area contributed by atoms with Crippen molar-refractivity contribution in [3.8, 4) is 22.5 Å². The van der Waals surface area contributed by atoms with Crippen LogP contribution in [-0.2, 0) is 0 Å². The molecule has 0 aliphatic carbocycles. The number of rotatable bonds is 2. The van der Waals surface area contributed by atoms with Crippen LogP contribution in [0.2, 0.25) is 0 Å². The molecule has 0 saturated carbocycles. The van der Waals surface area contributed by atoms with Gasteiger partial charge in [0.05, 0.1) is 5.69 Å². The second kappa shape index (κ2) is 5.10. The second-order valence-corrected chi connectivity index (χ2v) is 5.76. The van der Waals surface area contributed by atoms with Crippen LogP contribution in [0.25, 0.3) is 39.1 Å². The maximum atomic E-state index is 5.55. The Bertz CT molecular complexity index is 1150. The fraction of sp³-hybridized carbons (Fsp3) is 0. The van der Waals surface area contributed by atoms with E-state index in [2.05, 4.69) is 54.6 Å². The Morgan fingerprint density at radius 3 is 2.50 bits per heavy atom. The van der Waals surface area contributed by atoms with Gasteiger partial charge in [0.25, 0.3) is 0 Å². The van der Waals surface area contributed by atoms with Crippen LogP contribution in [0.4, 0.5) is 0 Å². The first-order chi connectivity index (χ1) is 11.9. The SMILES string of the molecule is c1ccc(-c2c(-c3cccc4ccccc34)nc3occn23)cc1. The average molecular weight is 310 g/mol. The van der Waals surface area contributed by atoms with Gasteiger partial charge in [-0.2, -0.15) is 4.98 Å². The predicted molar refractivity (Wildman–Crippen MR) is 95.8 cm³/mol. The smallest absolute Gasteiger partial charge is 0.306 e. The lowest BCUT2D eigenvalue weighted by Crippen LogP contribution is -1.88. The maximum absolute atomic E-state index is 5.55. The molecule has 2 heterocycles. The van der Waals surface area contributed by atoms with Gasteiger partial charge in [-0.05, 0) is 10.8 Å². The topological polar surface area (TPSA) is 30.4 Å². The highest BCUT2D eigenvalue weighted by molar-refractivity contribution is 5.99. The molecule has 5 aromatic rings. The van der Waals surface area contributed by atoms with Crippen molar-refractivity contribution in [2.24, 2.45) is 0 Å². The molecule has 0 aliphatic heterocycles. The van der Waals surface area contributed by atoms with E-state index in [0.29, 0.717) is 5.84 Å². The van der Waals surface area contributed by atoms with Gasteiger partial charge in [0, 0.05) is 17.3 Å². The van der Waals surface area contributed by atoms with Crippen molar-refractivity contribution >= 4 is 16.6 Å². The van der Waals surface area contributed by atoms with Crippen molar-refractivity contribution in [1.29, 1.82) is 0 Å². The van der Waals surface area contributed by atoms with E-state index in [1.807, 2.05) is 28.8 Å². The number of oxazole rings is 1. The highest BCUT2D eigenvalue weighted by atomic mass is 16.3. The van der Waals surface area contributed by atoms with Gasteiger partial charge in [0.15, 0.2) is 0 Å². The van der Waals surface area contributed by atoms with Gasteiger partial charge < -0.3 is 4.42 Å². The van der Waals surface area contributed by atoms with Crippen molar-refractivity contribution in [2.45, 2.75) is 0 Å². The van der Waals surface area contributed by atoms with Gasteiger partial charge in [-0.25, -0.2) is 0 Å². The fourth-order valence-electron chi connectivity index (χ4n) is 3.28. The molecule has 3 aromatic carbocycles. The summed E-state index contributed by atoms with van der Waals surface area (Å²) in [4.78, 5) is 4.77. The van der Waals surface area contributed by atoms with E-state index in [1.54, 1.807) is 6.26 Å². The van der Waals surface area contributed by atoms with Crippen LogP contribution in [0.5, 0.6) is 0 Å². The second-order valence-electron chi connectivity index (χ2n) is 5.76. The van der Waals surface area contributed by atoms with E-state index in [-0.39, 0.29) is 0 Å². The Hall–Kier alpha value is -3.33. The lowest BCUT2D eigenvalue weighted by molar-refractivity contribution is 0.596. The number of nitrogens with zero attached hydrogens (tertiary/aromatic N) is 2. The summed E-state index contributed by atoms with van der Waals surface area (Å²) in [5.41, 5.74) is 4.23. The van der Waals surface area contributed by atoms with Crippen molar-refractivity contribution < 1.29 is 4.42 Å². The van der Waals surface area contributed by atoms with Gasteiger partial charge in [-0.15, -0.1) is 0 Å². The van der Waals surface area contributed by atoms with E-state index in [9.17, 15) is 0 Å². The molecule has 3 nitrogen and oxygen atoms in total. The number of hydrogen-bond donors (Lipinski definition) is 0. The molecular formula is C21H14N2O. The van der Waals surface area contributed by atoms with Crippen LogP contribution in [0.15, 0.2) is 89.7 Å². The number of aromatic nitrogens is 2. The van der Waals surface area contributed by atoms with Crippen molar-refractivity contribution in [3.05, 3.63) is 85.3 Å². The number of benzene rings is 3. The summed E-state index contributed by atoms with van der Waals surface area (Å²) < 4.78 is 7.55. The normalized spacial score (nSPS) is 11.3. The molecule has 5 rings (SSSR count). The molecule has 0 spiro atoms. The number of hydrogen-bond acceptors (Lipinski definition) is 2. The van der Waals surface area contributed by atoms with Gasteiger partial charge >= 0.3 is 5.84 Å². The molecule has 0 unspecified atom stereocenters. The van der Waals surface area contributed by atoms with E-state index in [4.69, 9.17) is 9.40 Å². The molecule has 2 aromatic heterocycles. The van der Waals surface area contributed by atoms with Crippen LogP contribution < -0.4 is 0 Å². The van der Waals surface area contributed by atoms with Crippen LogP contribution in [0, 0.1) is 0 Å². The van der Waals surface area contributed by atoms with Crippen LogP contribution in [-0.4, -0.2) is 9.38 Å². The summed E-state index contributed by atoms with van der Waals surface area (Å²) >= 11 is 0. The third-order valence-electron chi connectivity index (χ3n) is 4.35. The minimum Gasteiger partial charge on any atom is -0.432 e. The molecule has 0 fully saturated rings. The Balaban J connectivity index is 1.89. The van der Waals surface area contributed by atoms with Crippen LogP contribution in [0.3, 0.4) is 0 Å². The first-order valence-electron chi connectivity index (χ1n) is 7.91. The summed E-state index contributed by atoms with van der Waals surface area (Å²) in [5.74, 6) is 0.608. The highest BCUT2D eigenvalue weighted by Crippen LogP contribution is 2.36. The van der Waals surface area contributed by atoms with Crippen molar-refractivity contribution in [2.75, 3.05) is 0 Å². The van der Waals surface area contributed by atoms with E-state index >= 15 is 0 Å². The summed E-state index contributed by atoms with van der Waals surface area (Å²) in [5, 5.41) is 2.40. The quantitative estimate of drug-likeness (QED) is 0.436. The van der Waals surface area contributed by atoms with Crippen molar-refractivity contribution in [1.82, 2.24) is 9.38 Å². The average Bonchev–Trinajstić information content (AvgIpc) is 3.23. The standard InChI is InChI=1S/C21H14N2O/c1-2-8-16(9-3-1)20-19(22-21-23(20)13-14-24-21)18-12-6-10-15-7-4-5-11-17(15)18/h1-14H. The molecule has 0 aliphatic rings. The van der Waals surface area contributed by atoms with Gasteiger partial charge in [0.2, 0.25) is 0 Å². The predicted octanol–water partition coefficient (Wildman–Crippen LogP) is 5.41. The third kappa shape index (κ3) is 1.88. The molecule has 0 bridgehead atoms. The zero-order valence-corrected chi connectivity index (χ0v) is 12.9. The van der Waals surface area contributed by atoms with Gasteiger partial charge in [-0.1, -0.05) is 72.8 Å².